The van der Waals surface area contributed by atoms with Gasteiger partial charge in [0.25, 0.3) is 5.91 Å². The molecule has 1 heterocycles. The van der Waals surface area contributed by atoms with Crippen molar-refractivity contribution >= 4 is 16.8 Å². The number of amides is 1. The smallest absolute Gasteiger partial charge is 0.270 e. The topological polar surface area (TPSA) is 45.3 Å². The summed E-state index contributed by atoms with van der Waals surface area (Å²) in [7, 11) is 3.43. The van der Waals surface area contributed by atoms with Gasteiger partial charge in [0.2, 0.25) is 0 Å². The monoisotopic (exact) mass is 246 g/mol. The van der Waals surface area contributed by atoms with Crippen molar-refractivity contribution in [2.45, 2.75) is 13.0 Å². The van der Waals surface area contributed by atoms with E-state index in [1.165, 1.54) is 0 Å². The van der Waals surface area contributed by atoms with Gasteiger partial charge in [-0.25, -0.2) is 0 Å². The average Bonchev–Trinajstić information content (AvgIpc) is 2.81. The van der Waals surface area contributed by atoms with Gasteiger partial charge in [0.1, 0.15) is 5.69 Å². The Morgan fingerprint density at radius 1 is 1.44 bits per heavy atom. The van der Waals surface area contributed by atoms with E-state index in [1.807, 2.05) is 37.3 Å². The predicted octanol–water partition coefficient (Wildman–Crippen LogP) is 2.27. The number of hydrogen-bond donors (Lipinski definition) is 1. The van der Waals surface area contributed by atoms with Crippen molar-refractivity contribution in [2.24, 2.45) is 0 Å². The van der Waals surface area contributed by atoms with Gasteiger partial charge in [0, 0.05) is 25.1 Å². The molecule has 1 unspecified atom stereocenters. The summed E-state index contributed by atoms with van der Waals surface area (Å²) >= 11 is 0. The average molecular weight is 246 g/mol. The maximum atomic E-state index is 12.3. The number of benzene rings is 1. The largest absolute Gasteiger partial charge is 0.383 e. The number of carbonyl (C=O) groups excluding carboxylic acids is 1. The van der Waals surface area contributed by atoms with Crippen LogP contribution in [0.1, 0.15) is 17.4 Å². The molecule has 1 N–H and O–H groups in total. The number of carbonyl (C=O) groups is 1. The van der Waals surface area contributed by atoms with Crippen molar-refractivity contribution in [3.63, 3.8) is 0 Å². The van der Waals surface area contributed by atoms with Crippen LogP contribution in [0.5, 0.6) is 0 Å². The molecule has 0 aliphatic heterocycles. The molecule has 0 bridgehead atoms. The number of hydrogen-bond acceptors (Lipinski definition) is 2. The minimum atomic E-state index is -0.0178. The molecule has 0 spiro atoms. The van der Waals surface area contributed by atoms with E-state index in [2.05, 4.69) is 4.98 Å². The Morgan fingerprint density at radius 2 is 2.17 bits per heavy atom. The number of para-hydroxylation sites is 1. The Morgan fingerprint density at radius 3 is 2.83 bits per heavy atom. The van der Waals surface area contributed by atoms with E-state index >= 15 is 0 Å². The van der Waals surface area contributed by atoms with Crippen LogP contribution in [0, 0.1) is 0 Å². The van der Waals surface area contributed by atoms with E-state index < -0.39 is 0 Å². The van der Waals surface area contributed by atoms with E-state index in [9.17, 15) is 4.79 Å². The first kappa shape index (κ1) is 12.6. The van der Waals surface area contributed by atoms with Crippen LogP contribution < -0.4 is 0 Å². The lowest BCUT2D eigenvalue weighted by Crippen LogP contribution is -2.37. The number of nitrogens with one attached hydrogen (secondary N) is 1. The highest BCUT2D eigenvalue weighted by atomic mass is 16.5. The highest BCUT2D eigenvalue weighted by molar-refractivity contribution is 5.98. The zero-order valence-electron chi connectivity index (χ0n) is 10.9. The normalized spacial score (nSPS) is 12.6. The molecular weight excluding hydrogens is 228 g/mol. The molecule has 4 heteroatoms. The van der Waals surface area contributed by atoms with Gasteiger partial charge in [0.15, 0.2) is 0 Å². The van der Waals surface area contributed by atoms with Crippen LogP contribution in [0.15, 0.2) is 30.3 Å². The van der Waals surface area contributed by atoms with Crippen molar-refractivity contribution in [3.8, 4) is 0 Å². The summed E-state index contributed by atoms with van der Waals surface area (Å²) in [5, 5.41) is 1.05. The molecule has 1 amide bonds. The third-order valence-corrected chi connectivity index (χ3v) is 3.15. The summed E-state index contributed by atoms with van der Waals surface area (Å²) in [5.74, 6) is -0.0178. The Bertz CT molecular complexity index is 514. The lowest BCUT2D eigenvalue weighted by Gasteiger charge is -2.23. The molecule has 0 aliphatic rings. The molecule has 18 heavy (non-hydrogen) atoms. The molecule has 2 aromatic rings. The number of ether oxygens (including phenoxy) is 1. The fourth-order valence-electron chi connectivity index (χ4n) is 1.93. The van der Waals surface area contributed by atoms with Crippen molar-refractivity contribution in [1.82, 2.24) is 9.88 Å². The Labute approximate surface area is 107 Å². The van der Waals surface area contributed by atoms with E-state index in [-0.39, 0.29) is 11.9 Å². The molecule has 1 aromatic heterocycles. The molecule has 2 rings (SSSR count). The first-order valence-corrected chi connectivity index (χ1v) is 5.97. The quantitative estimate of drug-likeness (QED) is 0.899. The summed E-state index contributed by atoms with van der Waals surface area (Å²) in [6.07, 6.45) is 0. The Kier molecular flexibility index (Phi) is 3.67. The first-order valence-electron chi connectivity index (χ1n) is 5.97. The van der Waals surface area contributed by atoms with Gasteiger partial charge in [-0.05, 0) is 19.1 Å². The Hall–Kier alpha value is -1.81. The molecule has 0 radical (unpaired) electrons. The van der Waals surface area contributed by atoms with Crippen molar-refractivity contribution in [2.75, 3.05) is 20.8 Å². The first-order chi connectivity index (χ1) is 8.63. The second-order valence-electron chi connectivity index (χ2n) is 4.49. The minimum Gasteiger partial charge on any atom is -0.383 e. The Balaban J connectivity index is 2.22. The second-order valence-corrected chi connectivity index (χ2v) is 4.49. The van der Waals surface area contributed by atoms with Crippen molar-refractivity contribution in [1.29, 1.82) is 0 Å². The number of H-pyrrole nitrogens is 1. The standard InChI is InChI=1S/C14H18N2O2/c1-10(9-18-3)16(2)14(17)13-8-11-6-4-5-7-12(11)15-13/h4-8,10,15H,9H2,1-3H3. The summed E-state index contributed by atoms with van der Waals surface area (Å²) in [6.45, 7) is 2.49. The highest BCUT2D eigenvalue weighted by Crippen LogP contribution is 2.16. The molecule has 96 valence electrons. The molecule has 0 fully saturated rings. The SMILES string of the molecule is COCC(C)N(C)C(=O)c1cc2ccccc2[nH]1. The molecule has 0 saturated heterocycles. The van der Waals surface area contributed by atoms with Crippen LogP contribution in [0.4, 0.5) is 0 Å². The lowest BCUT2D eigenvalue weighted by molar-refractivity contribution is 0.0629. The lowest BCUT2D eigenvalue weighted by atomic mass is 10.2. The van der Waals surface area contributed by atoms with Gasteiger partial charge in [-0.15, -0.1) is 0 Å². The van der Waals surface area contributed by atoms with E-state index in [4.69, 9.17) is 4.74 Å². The zero-order valence-corrected chi connectivity index (χ0v) is 10.9. The second kappa shape index (κ2) is 5.23. The molecule has 1 aromatic carbocycles. The van der Waals surface area contributed by atoms with Crippen molar-refractivity contribution < 1.29 is 9.53 Å². The highest BCUT2D eigenvalue weighted by Gasteiger charge is 2.18. The van der Waals surface area contributed by atoms with E-state index in [1.54, 1.807) is 19.1 Å². The van der Waals surface area contributed by atoms with Crippen LogP contribution in [0.25, 0.3) is 10.9 Å². The summed E-state index contributed by atoms with van der Waals surface area (Å²) < 4.78 is 5.07. The number of aromatic nitrogens is 1. The maximum Gasteiger partial charge on any atom is 0.270 e. The maximum absolute atomic E-state index is 12.3. The number of nitrogens with zero attached hydrogens (tertiary/aromatic N) is 1. The van der Waals surface area contributed by atoms with Gasteiger partial charge in [-0.1, -0.05) is 18.2 Å². The molecule has 0 saturated carbocycles. The number of aromatic amines is 1. The number of methoxy groups -OCH3 is 1. The van der Waals surface area contributed by atoms with Gasteiger partial charge < -0.3 is 14.6 Å². The third-order valence-electron chi connectivity index (χ3n) is 3.15. The minimum absolute atomic E-state index is 0.0178. The van der Waals surface area contributed by atoms with Crippen LogP contribution in [-0.2, 0) is 4.74 Å². The van der Waals surface area contributed by atoms with Crippen LogP contribution in [-0.4, -0.2) is 42.6 Å². The van der Waals surface area contributed by atoms with Gasteiger partial charge in [-0.3, -0.25) is 4.79 Å². The summed E-state index contributed by atoms with van der Waals surface area (Å²) in [5.41, 5.74) is 1.59. The van der Waals surface area contributed by atoms with Gasteiger partial charge in [-0.2, -0.15) is 0 Å². The van der Waals surface area contributed by atoms with E-state index in [0.717, 1.165) is 10.9 Å². The molecule has 1 atom stereocenters. The number of fused-ring (bicyclic) bond motifs is 1. The fourth-order valence-corrected chi connectivity index (χ4v) is 1.93. The number of rotatable bonds is 4. The van der Waals surface area contributed by atoms with Crippen molar-refractivity contribution in [3.05, 3.63) is 36.0 Å². The fraction of sp³-hybridized carbons (Fsp3) is 0.357. The number of likely N-dealkylation sites (N-methyl/N-ethyl adjacent to an activating group) is 1. The van der Waals surface area contributed by atoms with Gasteiger partial charge >= 0.3 is 0 Å². The zero-order chi connectivity index (χ0) is 13.1. The van der Waals surface area contributed by atoms with Crippen LogP contribution >= 0.6 is 0 Å². The predicted molar refractivity (Wildman–Crippen MR) is 71.7 cm³/mol. The van der Waals surface area contributed by atoms with Crippen LogP contribution in [0.3, 0.4) is 0 Å². The molecule has 4 nitrogen and oxygen atoms in total. The van der Waals surface area contributed by atoms with E-state index in [0.29, 0.717) is 12.3 Å². The van der Waals surface area contributed by atoms with Crippen LogP contribution in [0.2, 0.25) is 0 Å². The third kappa shape index (κ3) is 2.38. The summed E-state index contributed by atoms with van der Waals surface area (Å²) in [4.78, 5) is 17.1. The van der Waals surface area contributed by atoms with Gasteiger partial charge in [0.05, 0.1) is 12.6 Å². The molecular formula is C14H18N2O2. The molecule has 0 aliphatic carbocycles. The summed E-state index contributed by atoms with van der Waals surface area (Å²) in [6, 6.07) is 9.79.